The zero-order valence-corrected chi connectivity index (χ0v) is 15.7. The molecule has 0 radical (unpaired) electrons. The Morgan fingerprint density at radius 1 is 1.09 bits per heavy atom. The minimum absolute atomic E-state index is 0. The van der Waals surface area contributed by atoms with Gasteiger partial charge >= 0.3 is 0 Å². The molecule has 1 unspecified atom stereocenters. The summed E-state index contributed by atoms with van der Waals surface area (Å²) in [6.45, 7) is 7.00. The number of nitrogens with two attached hydrogens (primary N) is 1. The molecule has 22 heavy (non-hydrogen) atoms. The largest absolute Gasteiger partial charge is 0.370 e. The third kappa shape index (κ3) is 5.67. The number of hydrogen-bond acceptors (Lipinski definition) is 1. The van der Waals surface area contributed by atoms with Crippen LogP contribution in [0.25, 0.3) is 0 Å². The summed E-state index contributed by atoms with van der Waals surface area (Å²) in [6, 6.07) is 16.6. The highest BCUT2D eigenvalue weighted by Crippen LogP contribution is 2.16. The van der Waals surface area contributed by atoms with Crippen molar-refractivity contribution in [1.29, 1.82) is 0 Å². The van der Waals surface area contributed by atoms with Crippen LogP contribution < -0.4 is 11.1 Å². The van der Waals surface area contributed by atoms with Crippen LogP contribution in [0.1, 0.15) is 29.5 Å². The molecule has 3 N–H and O–H groups in total. The molecule has 0 aliphatic heterocycles. The maximum atomic E-state index is 5.94. The molecule has 0 heterocycles. The van der Waals surface area contributed by atoms with Crippen molar-refractivity contribution in [3.63, 3.8) is 0 Å². The zero-order chi connectivity index (χ0) is 15.2. The number of benzene rings is 2. The molecule has 118 valence electrons. The van der Waals surface area contributed by atoms with Crippen LogP contribution in [0.4, 0.5) is 5.69 Å². The van der Waals surface area contributed by atoms with Gasteiger partial charge in [-0.2, -0.15) is 0 Å². The number of nitrogens with zero attached hydrogens (tertiary/aromatic N) is 1. The van der Waals surface area contributed by atoms with Gasteiger partial charge < -0.3 is 11.1 Å². The number of nitrogens with one attached hydrogen (secondary N) is 1. The summed E-state index contributed by atoms with van der Waals surface area (Å²) in [5.41, 5.74) is 10.7. The topological polar surface area (TPSA) is 50.4 Å². The lowest BCUT2D eigenvalue weighted by atomic mass is 10.00. The summed E-state index contributed by atoms with van der Waals surface area (Å²) < 4.78 is 0. The van der Waals surface area contributed by atoms with Crippen LogP contribution in [-0.4, -0.2) is 12.5 Å². The van der Waals surface area contributed by atoms with E-state index in [0.29, 0.717) is 18.4 Å². The fraction of sp³-hybridized carbons (Fsp3) is 0.278. The fourth-order valence-corrected chi connectivity index (χ4v) is 2.14. The number of hydrogen-bond donors (Lipinski definition) is 2. The van der Waals surface area contributed by atoms with Crippen LogP contribution >= 0.6 is 24.0 Å². The Bertz CT molecular complexity index is 620. The molecule has 0 spiro atoms. The lowest BCUT2D eigenvalue weighted by Crippen LogP contribution is -2.23. The van der Waals surface area contributed by atoms with E-state index in [4.69, 9.17) is 5.73 Å². The van der Waals surface area contributed by atoms with Crippen molar-refractivity contribution in [2.75, 3.05) is 11.9 Å². The van der Waals surface area contributed by atoms with Gasteiger partial charge in [0.25, 0.3) is 0 Å². The molecule has 2 aromatic carbocycles. The monoisotopic (exact) mass is 409 g/mol. The average Bonchev–Trinajstić information content (AvgIpc) is 2.47. The highest BCUT2D eigenvalue weighted by molar-refractivity contribution is 14.0. The van der Waals surface area contributed by atoms with Gasteiger partial charge in [0.1, 0.15) is 0 Å². The molecule has 0 fully saturated rings. The quantitative estimate of drug-likeness (QED) is 0.445. The van der Waals surface area contributed by atoms with Crippen molar-refractivity contribution in [3.05, 3.63) is 65.2 Å². The second-order valence-electron chi connectivity index (χ2n) is 5.53. The fourth-order valence-electron chi connectivity index (χ4n) is 2.14. The van der Waals surface area contributed by atoms with Crippen LogP contribution in [0.15, 0.2) is 53.5 Å². The normalized spacial score (nSPS) is 12.4. The Kier molecular flexibility index (Phi) is 7.38. The maximum absolute atomic E-state index is 5.94. The lowest BCUT2D eigenvalue weighted by molar-refractivity contribution is 0.773. The summed E-state index contributed by atoms with van der Waals surface area (Å²) in [7, 11) is 0. The van der Waals surface area contributed by atoms with Crippen LogP contribution in [0.3, 0.4) is 0 Å². The predicted molar refractivity (Wildman–Crippen MR) is 106 cm³/mol. The van der Waals surface area contributed by atoms with Gasteiger partial charge in [0, 0.05) is 18.2 Å². The van der Waals surface area contributed by atoms with E-state index in [9.17, 15) is 0 Å². The number of halogens is 1. The first-order valence-electron chi connectivity index (χ1n) is 7.25. The Morgan fingerprint density at radius 2 is 1.77 bits per heavy atom. The van der Waals surface area contributed by atoms with Gasteiger partial charge in [-0.15, -0.1) is 24.0 Å². The van der Waals surface area contributed by atoms with Gasteiger partial charge in [0.2, 0.25) is 0 Å². The van der Waals surface area contributed by atoms with Gasteiger partial charge in [-0.1, -0.05) is 54.4 Å². The molecule has 0 aliphatic carbocycles. The molecule has 2 aromatic rings. The molecule has 0 bridgehead atoms. The van der Waals surface area contributed by atoms with Crippen molar-refractivity contribution in [3.8, 4) is 0 Å². The average molecular weight is 409 g/mol. The Hall–Kier alpha value is -1.56. The Morgan fingerprint density at radius 3 is 2.41 bits per heavy atom. The van der Waals surface area contributed by atoms with Crippen LogP contribution in [0, 0.1) is 13.8 Å². The summed E-state index contributed by atoms with van der Waals surface area (Å²) >= 11 is 0. The number of guanidine groups is 1. The van der Waals surface area contributed by atoms with Gasteiger partial charge in [0.15, 0.2) is 5.96 Å². The Labute approximate surface area is 150 Å². The minimum Gasteiger partial charge on any atom is -0.370 e. The highest BCUT2D eigenvalue weighted by atomic mass is 127. The third-order valence-corrected chi connectivity index (χ3v) is 3.47. The van der Waals surface area contributed by atoms with Crippen LogP contribution in [0.2, 0.25) is 0 Å². The first kappa shape index (κ1) is 18.5. The predicted octanol–water partition coefficient (Wildman–Crippen LogP) is 4.45. The molecule has 0 amide bonds. The maximum Gasteiger partial charge on any atom is 0.193 e. The van der Waals surface area contributed by atoms with E-state index in [1.807, 2.05) is 24.3 Å². The summed E-state index contributed by atoms with van der Waals surface area (Å²) in [4.78, 5) is 4.43. The molecule has 0 aliphatic rings. The number of aryl methyl sites for hydroxylation is 2. The molecule has 0 aromatic heterocycles. The number of aliphatic imine (C=N–C) groups is 1. The zero-order valence-electron chi connectivity index (χ0n) is 13.3. The number of rotatable bonds is 4. The van der Waals surface area contributed by atoms with Gasteiger partial charge in [-0.25, -0.2) is 0 Å². The first-order chi connectivity index (χ1) is 10.0. The van der Waals surface area contributed by atoms with Crippen molar-refractivity contribution >= 4 is 35.6 Å². The van der Waals surface area contributed by atoms with Crippen molar-refractivity contribution in [2.24, 2.45) is 10.7 Å². The van der Waals surface area contributed by atoms with Crippen LogP contribution in [-0.2, 0) is 0 Å². The van der Waals surface area contributed by atoms with E-state index >= 15 is 0 Å². The summed E-state index contributed by atoms with van der Waals surface area (Å²) in [6.07, 6.45) is 0. The van der Waals surface area contributed by atoms with E-state index in [-0.39, 0.29) is 24.0 Å². The number of anilines is 1. The first-order valence-corrected chi connectivity index (χ1v) is 7.25. The van der Waals surface area contributed by atoms with E-state index in [0.717, 1.165) is 5.69 Å². The molecular formula is C18H24IN3. The summed E-state index contributed by atoms with van der Waals surface area (Å²) in [5, 5.41) is 3.12. The molecule has 4 heteroatoms. The second kappa shape index (κ2) is 8.78. The summed E-state index contributed by atoms with van der Waals surface area (Å²) in [5.74, 6) is 0.807. The smallest absolute Gasteiger partial charge is 0.193 e. The van der Waals surface area contributed by atoms with Gasteiger partial charge in [-0.05, 0) is 31.5 Å². The van der Waals surface area contributed by atoms with Crippen molar-refractivity contribution in [2.45, 2.75) is 26.7 Å². The molecule has 0 saturated carbocycles. The molecule has 3 nitrogen and oxygen atoms in total. The second-order valence-corrected chi connectivity index (χ2v) is 5.53. The standard InChI is InChI=1S/C18H23N3.HI/c1-13-7-9-17(10-8-13)21-18(19)20-12-15(3)16-6-4-5-14(2)11-16;/h4-11,15H,12H2,1-3H3,(H3,19,20,21);1H. The Balaban J connectivity index is 0.00000242. The molecular weight excluding hydrogens is 385 g/mol. The van der Waals surface area contributed by atoms with E-state index in [1.165, 1.54) is 16.7 Å². The van der Waals surface area contributed by atoms with Crippen LogP contribution in [0.5, 0.6) is 0 Å². The molecule has 0 saturated heterocycles. The van der Waals surface area contributed by atoms with E-state index in [1.54, 1.807) is 0 Å². The van der Waals surface area contributed by atoms with E-state index in [2.05, 4.69) is 55.3 Å². The lowest BCUT2D eigenvalue weighted by Gasteiger charge is -2.11. The minimum atomic E-state index is 0. The van der Waals surface area contributed by atoms with Gasteiger partial charge in [-0.3, -0.25) is 4.99 Å². The van der Waals surface area contributed by atoms with Crippen molar-refractivity contribution in [1.82, 2.24) is 0 Å². The van der Waals surface area contributed by atoms with E-state index < -0.39 is 0 Å². The third-order valence-electron chi connectivity index (χ3n) is 3.47. The van der Waals surface area contributed by atoms with Gasteiger partial charge in [0.05, 0.1) is 0 Å². The highest BCUT2D eigenvalue weighted by Gasteiger charge is 2.05. The molecule has 2 rings (SSSR count). The van der Waals surface area contributed by atoms with Crippen molar-refractivity contribution < 1.29 is 0 Å². The molecule has 1 atom stereocenters. The SMILES string of the molecule is Cc1ccc(NC(N)=NCC(C)c2cccc(C)c2)cc1.I.